The zero-order valence-corrected chi connectivity index (χ0v) is 16.1. The zero-order chi connectivity index (χ0) is 19.4. The fraction of sp³-hybridized carbons (Fsp3) is 0.200. The van der Waals surface area contributed by atoms with Crippen LogP contribution in [-0.2, 0) is 6.54 Å². The van der Waals surface area contributed by atoms with Crippen LogP contribution in [0.15, 0.2) is 53.1 Å². The van der Waals surface area contributed by atoms with E-state index in [9.17, 15) is 9.59 Å². The van der Waals surface area contributed by atoms with E-state index in [-0.39, 0.29) is 17.6 Å². The molecule has 7 heteroatoms. The van der Waals surface area contributed by atoms with Gasteiger partial charge in [0.15, 0.2) is 5.76 Å². The van der Waals surface area contributed by atoms with Crippen LogP contribution >= 0.6 is 11.3 Å². The number of carbonyl (C=O) groups excluding carboxylic acids is 2. The van der Waals surface area contributed by atoms with Gasteiger partial charge in [0.2, 0.25) is 0 Å². The first kappa shape index (κ1) is 18.7. The number of amides is 2. The molecule has 0 unspecified atom stereocenters. The van der Waals surface area contributed by atoms with E-state index in [0.717, 1.165) is 16.9 Å². The van der Waals surface area contributed by atoms with Crippen LogP contribution < -0.4 is 10.1 Å². The van der Waals surface area contributed by atoms with Crippen molar-refractivity contribution in [2.24, 2.45) is 0 Å². The van der Waals surface area contributed by atoms with Crippen molar-refractivity contribution in [3.8, 4) is 5.75 Å². The number of furan rings is 1. The van der Waals surface area contributed by atoms with Gasteiger partial charge in [-0.3, -0.25) is 9.59 Å². The number of methoxy groups -OCH3 is 1. The Morgan fingerprint density at radius 1 is 1.22 bits per heavy atom. The topological polar surface area (TPSA) is 71.8 Å². The summed E-state index contributed by atoms with van der Waals surface area (Å²) in [4.78, 5) is 27.1. The second-order valence-electron chi connectivity index (χ2n) is 6.06. The Labute approximate surface area is 161 Å². The molecule has 2 aromatic heterocycles. The molecule has 27 heavy (non-hydrogen) atoms. The van der Waals surface area contributed by atoms with E-state index in [4.69, 9.17) is 9.15 Å². The Balaban J connectivity index is 1.68. The molecule has 0 saturated heterocycles. The first-order valence-corrected chi connectivity index (χ1v) is 9.13. The van der Waals surface area contributed by atoms with Gasteiger partial charge in [-0.15, -0.1) is 11.3 Å². The molecule has 0 spiro atoms. The maximum absolute atomic E-state index is 12.8. The molecule has 1 aromatic carbocycles. The molecule has 0 aliphatic rings. The largest absolute Gasteiger partial charge is 0.497 e. The molecule has 2 heterocycles. The van der Waals surface area contributed by atoms with Gasteiger partial charge in [-0.05, 0) is 48.4 Å². The van der Waals surface area contributed by atoms with Crippen molar-refractivity contribution >= 4 is 28.2 Å². The average molecular weight is 384 g/mol. The van der Waals surface area contributed by atoms with Gasteiger partial charge in [0.25, 0.3) is 11.8 Å². The lowest BCUT2D eigenvalue weighted by Crippen LogP contribution is -2.25. The lowest BCUT2D eigenvalue weighted by atomic mass is 10.2. The van der Waals surface area contributed by atoms with Crippen molar-refractivity contribution in [2.75, 3.05) is 19.5 Å². The summed E-state index contributed by atoms with van der Waals surface area (Å²) < 4.78 is 10.2. The predicted molar refractivity (Wildman–Crippen MR) is 105 cm³/mol. The molecule has 140 valence electrons. The van der Waals surface area contributed by atoms with Crippen LogP contribution in [0.1, 0.15) is 31.4 Å². The van der Waals surface area contributed by atoms with Gasteiger partial charge < -0.3 is 19.4 Å². The molecule has 0 bridgehead atoms. The van der Waals surface area contributed by atoms with Gasteiger partial charge in [0.05, 0.1) is 23.3 Å². The normalized spacial score (nSPS) is 10.5. The van der Waals surface area contributed by atoms with Crippen LogP contribution in [-0.4, -0.2) is 30.9 Å². The summed E-state index contributed by atoms with van der Waals surface area (Å²) in [5.74, 6) is 0.572. The van der Waals surface area contributed by atoms with Crippen molar-refractivity contribution in [1.82, 2.24) is 4.90 Å². The summed E-state index contributed by atoms with van der Waals surface area (Å²) in [7, 11) is 3.37. The van der Waals surface area contributed by atoms with E-state index < -0.39 is 0 Å². The number of anilines is 1. The minimum Gasteiger partial charge on any atom is -0.497 e. The fourth-order valence-electron chi connectivity index (χ4n) is 2.59. The van der Waals surface area contributed by atoms with Crippen molar-refractivity contribution in [2.45, 2.75) is 13.5 Å². The minimum absolute atomic E-state index is 0.0909. The highest BCUT2D eigenvalue weighted by molar-refractivity contribution is 7.18. The van der Waals surface area contributed by atoms with Crippen LogP contribution in [0.5, 0.6) is 5.75 Å². The van der Waals surface area contributed by atoms with E-state index >= 15 is 0 Å². The summed E-state index contributed by atoms with van der Waals surface area (Å²) in [5.41, 5.74) is 1.83. The Kier molecular flexibility index (Phi) is 5.61. The van der Waals surface area contributed by atoms with E-state index in [1.807, 2.05) is 31.2 Å². The number of hydrogen-bond donors (Lipinski definition) is 1. The Morgan fingerprint density at radius 3 is 2.59 bits per heavy atom. The second-order valence-corrected chi connectivity index (χ2v) is 7.12. The molecule has 2 amide bonds. The molecule has 3 rings (SSSR count). The average Bonchev–Trinajstić information content (AvgIpc) is 3.31. The summed E-state index contributed by atoms with van der Waals surface area (Å²) in [6.07, 6.45) is 1.44. The third-order valence-electron chi connectivity index (χ3n) is 4.02. The molecule has 6 nitrogen and oxygen atoms in total. The monoisotopic (exact) mass is 384 g/mol. The maximum Gasteiger partial charge on any atom is 0.291 e. The number of nitrogens with zero attached hydrogens (tertiary/aromatic N) is 1. The van der Waals surface area contributed by atoms with Gasteiger partial charge in [0, 0.05) is 13.6 Å². The van der Waals surface area contributed by atoms with Gasteiger partial charge in [-0.25, -0.2) is 0 Å². The Morgan fingerprint density at radius 2 is 1.96 bits per heavy atom. The van der Waals surface area contributed by atoms with Gasteiger partial charge in [0.1, 0.15) is 5.75 Å². The summed E-state index contributed by atoms with van der Waals surface area (Å²) in [5, 5.41) is 3.37. The second kappa shape index (κ2) is 8.09. The predicted octanol–water partition coefficient (Wildman–Crippen LogP) is 4.18. The zero-order valence-electron chi connectivity index (χ0n) is 15.3. The van der Waals surface area contributed by atoms with Gasteiger partial charge >= 0.3 is 0 Å². The standard InChI is InChI=1S/C20H20N2O4S/c1-13-11-17(21-19(23)16-5-4-10-26-16)27-18(13)20(24)22(2)12-14-6-8-15(25-3)9-7-14/h4-11H,12H2,1-3H3,(H,21,23). The Hall–Kier alpha value is -3.06. The summed E-state index contributed by atoms with van der Waals surface area (Å²) in [6, 6.07) is 12.6. The number of ether oxygens (including phenoxy) is 1. The highest BCUT2D eigenvalue weighted by Crippen LogP contribution is 2.28. The van der Waals surface area contributed by atoms with E-state index in [1.54, 1.807) is 37.3 Å². The number of hydrogen-bond acceptors (Lipinski definition) is 5. The molecule has 0 fully saturated rings. The number of rotatable bonds is 6. The molecule has 0 aliphatic carbocycles. The third-order valence-corrected chi connectivity index (χ3v) is 5.16. The van der Waals surface area contributed by atoms with Crippen molar-refractivity contribution in [3.63, 3.8) is 0 Å². The quantitative estimate of drug-likeness (QED) is 0.692. The lowest BCUT2D eigenvalue weighted by Gasteiger charge is -2.17. The smallest absolute Gasteiger partial charge is 0.291 e. The summed E-state index contributed by atoms with van der Waals surface area (Å²) >= 11 is 1.25. The number of benzene rings is 1. The third kappa shape index (κ3) is 4.38. The van der Waals surface area contributed by atoms with Crippen molar-refractivity contribution in [3.05, 3.63) is 70.5 Å². The highest BCUT2D eigenvalue weighted by Gasteiger charge is 2.19. The van der Waals surface area contributed by atoms with Crippen LogP contribution in [0.25, 0.3) is 0 Å². The van der Waals surface area contributed by atoms with E-state index in [2.05, 4.69) is 5.32 Å². The van der Waals surface area contributed by atoms with Crippen LogP contribution in [0.4, 0.5) is 5.00 Å². The number of nitrogens with one attached hydrogen (secondary N) is 1. The first-order chi connectivity index (χ1) is 13.0. The molecule has 0 radical (unpaired) electrons. The highest BCUT2D eigenvalue weighted by atomic mass is 32.1. The first-order valence-electron chi connectivity index (χ1n) is 8.31. The number of carbonyl (C=O) groups is 2. The van der Waals surface area contributed by atoms with Crippen LogP contribution in [0.3, 0.4) is 0 Å². The molecule has 0 saturated carbocycles. The molecular formula is C20H20N2O4S. The van der Waals surface area contributed by atoms with Crippen LogP contribution in [0, 0.1) is 6.92 Å². The Bertz CT molecular complexity index is 930. The number of aryl methyl sites for hydroxylation is 1. The van der Waals surface area contributed by atoms with E-state index in [0.29, 0.717) is 16.4 Å². The molecule has 0 aliphatic heterocycles. The SMILES string of the molecule is COc1ccc(CN(C)C(=O)c2sc(NC(=O)c3ccco3)cc2C)cc1. The van der Waals surface area contributed by atoms with Gasteiger partial charge in [-0.1, -0.05) is 12.1 Å². The van der Waals surface area contributed by atoms with Crippen LogP contribution in [0.2, 0.25) is 0 Å². The molecule has 0 atom stereocenters. The lowest BCUT2D eigenvalue weighted by molar-refractivity contribution is 0.0789. The summed E-state index contributed by atoms with van der Waals surface area (Å²) in [6.45, 7) is 2.34. The van der Waals surface area contributed by atoms with E-state index in [1.165, 1.54) is 17.6 Å². The maximum atomic E-state index is 12.8. The van der Waals surface area contributed by atoms with Crippen molar-refractivity contribution < 1.29 is 18.7 Å². The molecule has 1 N–H and O–H groups in total. The number of thiophene rings is 1. The molecular weight excluding hydrogens is 364 g/mol. The molecule has 3 aromatic rings. The van der Waals surface area contributed by atoms with Crippen molar-refractivity contribution in [1.29, 1.82) is 0 Å². The van der Waals surface area contributed by atoms with Gasteiger partial charge in [-0.2, -0.15) is 0 Å². The minimum atomic E-state index is -0.341. The fourth-order valence-corrected chi connectivity index (χ4v) is 3.65.